The second kappa shape index (κ2) is 6.70. The minimum Gasteiger partial charge on any atom is -0.377 e. The van der Waals surface area contributed by atoms with Gasteiger partial charge in [0.2, 0.25) is 0 Å². The van der Waals surface area contributed by atoms with E-state index in [2.05, 4.69) is 43.2 Å². The fourth-order valence-corrected chi connectivity index (χ4v) is 2.58. The number of hydrogen-bond acceptors (Lipinski definition) is 2. The summed E-state index contributed by atoms with van der Waals surface area (Å²) in [5, 5.41) is 3.32. The van der Waals surface area contributed by atoms with Gasteiger partial charge < -0.3 is 11.1 Å². The number of nitrogens with one attached hydrogen (secondary N) is 1. The lowest BCUT2D eigenvalue weighted by atomic mass is 10.0. The zero-order valence-corrected chi connectivity index (χ0v) is 14.1. The molecule has 5 heteroatoms. The van der Waals surface area contributed by atoms with Crippen molar-refractivity contribution in [1.82, 2.24) is 0 Å². The van der Waals surface area contributed by atoms with Crippen molar-refractivity contribution in [3.63, 3.8) is 0 Å². The van der Waals surface area contributed by atoms with Crippen LogP contribution in [0, 0.1) is 12.7 Å². The van der Waals surface area contributed by atoms with Crippen molar-refractivity contribution < 1.29 is 4.39 Å². The summed E-state index contributed by atoms with van der Waals surface area (Å²) in [6.45, 7) is 2.49. The molecule has 2 nitrogen and oxygen atoms in total. The maximum Gasteiger partial charge on any atom is 0.137 e. The van der Waals surface area contributed by atoms with Crippen molar-refractivity contribution in [2.24, 2.45) is 5.73 Å². The average molecular weight is 402 g/mol. The molecule has 0 saturated carbocycles. The first-order valence-corrected chi connectivity index (χ1v) is 7.77. The van der Waals surface area contributed by atoms with Gasteiger partial charge in [0.05, 0.1) is 10.5 Å². The van der Waals surface area contributed by atoms with Crippen molar-refractivity contribution in [2.45, 2.75) is 13.0 Å². The van der Waals surface area contributed by atoms with E-state index in [-0.39, 0.29) is 11.9 Å². The number of anilines is 1. The van der Waals surface area contributed by atoms with E-state index in [1.807, 2.05) is 19.1 Å². The molecule has 0 bridgehead atoms. The molecule has 0 fully saturated rings. The Kier molecular flexibility index (Phi) is 5.18. The molecule has 1 unspecified atom stereocenters. The lowest BCUT2D eigenvalue weighted by Gasteiger charge is -2.19. The van der Waals surface area contributed by atoms with E-state index in [1.165, 1.54) is 6.07 Å². The van der Waals surface area contributed by atoms with Gasteiger partial charge in [-0.1, -0.05) is 28.1 Å². The van der Waals surface area contributed by atoms with Crippen LogP contribution in [-0.4, -0.2) is 6.54 Å². The third-order valence-electron chi connectivity index (χ3n) is 3.08. The molecule has 0 heterocycles. The number of aryl methyl sites for hydroxylation is 1. The molecule has 0 radical (unpaired) electrons. The van der Waals surface area contributed by atoms with Crippen LogP contribution in [0.3, 0.4) is 0 Å². The van der Waals surface area contributed by atoms with Crippen molar-refractivity contribution >= 4 is 37.5 Å². The third kappa shape index (κ3) is 3.59. The highest BCUT2D eigenvalue weighted by molar-refractivity contribution is 9.10. The molecule has 3 N–H and O–H groups in total. The fourth-order valence-electron chi connectivity index (χ4n) is 1.95. The van der Waals surface area contributed by atoms with Crippen molar-refractivity contribution in [3.8, 4) is 0 Å². The van der Waals surface area contributed by atoms with Gasteiger partial charge >= 0.3 is 0 Å². The Hall–Kier alpha value is -0.910. The van der Waals surface area contributed by atoms with Crippen molar-refractivity contribution in [2.75, 3.05) is 11.9 Å². The summed E-state index contributed by atoms with van der Waals surface area (Å²) in [6, 6.07) is 11.0. The summed E-state index contributed by atoms with van der Waals surface area (Å²) < 4.78 is 14.7. The second-order valence-electron chi connectivity index (χ2n) is 4.57. The van der Waals surface area contributed by atoms with E-state index in [4.69, 9.17) is 5.73 Å². The maximum atomic E-state index is 13.2. The van der Waals surface area contributed by atoms with Crippen LogP contribution in [0.4, 0.5) is 10.1 Å². The number of nitrogens with two attached hydrogens (primary N) is 1. The van der Waals surface area contributed by atoms with Gasteiger partial charge in [0.15, 0.2) is 0 Å². The molecule has 2 aromatic carbocycles. The average Bonchev–Trinajstić information content (AvgIpc) is 2.43. The van der Waals surface area contributed by atoms with Crippen LogP contribution in [-0.2, 0) is 0 Å². The molecule has 0 aliphatic rings. The number of benzene rings is 2. The van der Waals surface area contributed by atoms with Crippen LogP contribution >= 0.6 is 31.9 Å². The van der Waals surface area contributed by atoms with Crippen LogP contribution in [0.15, 0.2) is 45.3 Å². The highest BCUT2D eigenvalue weighted by Crippen LogP contribution is 2.26. The molecule has 2 aromatic rings. The SMILES string of the molecule is Cc1cc(C(CN)Nc2ccc(F)c(Br)c2)ccc1Br. The molecule has 0 spiro atoms. The van der Waals surface area contributed by atoms with Gasteiger partial charge in [-0.2, -0.15) is 0 Å². The minimum atomic E-state index is -0.278. The van der Waals surface area contributed by atoms with Crippen LogP contribution in [0.5, 0.6) is 0 Å². The van der Waals surface area contributed by atoms with E-state index in [9.17, 15) is 4.39 Å². The van der Waals surface area contributed by atoms with Crippen molar-refractivity contribution in [3.05, 3.63) is 62.3 Å². The maximum absolute atomic E-state index is 13.2. The highest BCUT2D eigenvalue weighted by Gasteiger charge is 2.11. The summed E-state index contributed by atoms with van der Waals surface area (Å²) in [7, 11) is 0. The predicted octanol–water partition coefficient (Wildman–Crippen LogP) is 4.77. The van der Waals surface area contributed by atoms with E-state index in [1.54, 1.807) is 12.1 Å². The fraction of sp³-hybridized carbons (Fsp3) is 0.200. The summed E-state index contributed by atoms with van der Waals surface area (Å²) in [4.78, 5) is 0. The topological polar surface area (TPSA) is 38.0 Å². The van der Waals surface area contributed by atoms with E-state index in [0.717, 1.165) is 21.3 Å². The summed E-state index contributed by atoms with van der Waals surface area (Å²) in [5.41, 5.74) is 8.94. The summed E-state index contributed by atoms with van der Waals surface area (Å²) in [5.74, 6) is -0.278. The van der Waals surface area contributed by atoms with Gasteiger partial charge in [-0.15, -0.1) is 0 Å². The van der Waals surface area contributed by atoms with Crippen LogP contribution in [0.25, 0.3) is 0 Å². The Bertz CT molecular complexity index is 617. The Morgan fingerprint density at radius 1 is 1.15 bits per heavy atom. The van der Waals surface area contributed by atoms with Gasteiger partial charge in [-0.25, -0.2) is 4.39 Å². The molecule has 1 atom stereocenters. The van der Waals surface area contributed by atoms with Gasteiger partial charge in [0.1, 0.15) is 5.82 Å². The molecule has 0 aliphatic heterocycles. The first-order chi connectivity index (χ1) is 9.51. The van der Waals surface area contributed by atoms with Gasteiger partial charge in [0.25, 0.3) is 0 Å². The normalized spacial score (nSPS) is 12.2. The molecule has 106 valence electrons. The largest absolute Gasteiger partial charge is 0.377 e. The Balaban J connectivity index is 2.23. The first-order valence-electron chi connectivity index (χ1n) is 6.19. The first kappa shape index (κ1) is 15.5. The summed E-state index contributed by atoms with van der Waals surface area (Å²) >= 11 is 6.67. The Morgan fingerprint density at radius 3 is 2.50 bits per heavy atom. The Morgan fingerprint density at radius 2 is 1.90 bits per heavy atom. The lowest BCUT2D eigenvalue weighted by Crippen LogP contribution is -2.20. The van der Waals surface area contributed by atoms with Crippen molar-refractivity contribution in [1.29, 1.82) is 0 Å². The predicted molar refractivity (Wildman–Crippen MR) is 88.4 cm³/mol. The summed E-state index contributed by atoms with van der Waals surface area (Å²) in [6.07, 6.45) is 0. The van der Waals surface area contributed by atoms with E-state index < -0.39 is 0 Å². The van der Waals surface area contributed by atoms with Crippen LogP contribution in [0.1, 0.15) is 17.2 Å². The smallest absolute Gasteiger partial charge is 0.137 e. The highest BCUT2D eigenvalue weighted by atomic mass is 79.9. The molecule has 0 saturated heterocycles. The number of rotatable bonds is 4. The lowest BCUT2D eigenvalue weighted by molar-refractivity contribution is 0.621. The van der Waals surface area contributed by atoms with Crippen LogP contribution in [0.2, 0.25) is 0 Å². The molecule has 0 aromatic heterocycles. The standard InChI is InChI=1S/C15H15Br2FN2/c1-9-6-10(2-4-12(9)16)15(8-19)20-11-3-5-14(18)13(17)7-11/h2-7,15,20H,8,19H2,1H3. The molecule has 20 heavy (non-hydrogen) atoms. The van der Waals surface area contributed by atoms with Gasteiger partial charge in [-0.3, -0.25) is 0 Å². The quantitative estimate of drug-likeness (QED) is 0.774. The third-order valence-corrected chi connectivity index (χ3v) is 4.58. The monoisotopic (exact) mass is 400 g/mol. The molecule has 0 aliphatic carbocycles. The Labute approximate surface area is 134 Å². The zero-order chi connectivity index (χ0) is 14.7. The van der Waals surface area contributed by atoms with Crippen LogP contribution < -0.4 is 11.1 Å². The second-order valence-corrected chi connectivity index (χ2v) is 6.28. The molecular weight excluding hydrogens is 387 g/mol. The zero-order valence-electron chi connectivity index (χ0n) is 11.0. The molecule has 2 rings (SSSR count). The molecular formula is C15H15Br2FN2. The van der Waals surface area contributed by atoms with E-state index >= 15 is 0 Å². The minimum absolute atomic E-state index is 0.0147. The number of hydrogen-bond donors (Lipinski definition) is 2. The van der Waals surface area contributed by atoms with Gasteiger partial charge in [-0.05, 0) is 58.2 Å². The number of halogens is 3. The van der Waals surface area contributed by atoms with E-state index in [0.29, 0.717) is 11.0 Å². The van der Waals surface area contributed by atoms with Gasteiger partial charge in [0, 0.05) is 16.7 Å². The molecule has 0 amide bonds.